The van der Waals surface area contributed by atoms with Gasteiger partial charge in [-0.15, -0.1) is 0 Å². The molecule has 7 nitrogen and oxygen atoms in total. The minimum absolute atomic E-state index is 0.189. The van der Waals surface area contributed by atoms with E-state index < -0.39 is 6.17 Å². The number of carbonyl (C=O) groups is 1. The van der Waals surface area contributed by atoms with E-state index in [4.69, 9.17) is 16.0 Å². The van der Waals surface area contributed by atoms with Crippen LogP contribution in [0.25, 0.3) is 17.4 Å². The van der Waals surface area contributed by atoms with Gasteiger partial charge in [0.1, 0.15) is 17.7 Å². The first kappa shape index (κ1) is 20.3. The maximum atomic E-state index is 12.9. The van der Waals surface area contributed by atoms with Crippen molar-refractivity contribution in [3.8, 4) is 11.3 Å². The van der Waals surface area contributed by atoms with Gasteiger partial charge in [0.15, 0.2) is 0 Å². The first-order valence-corrected chi connectivity index (χ1v) is 9.97. The second kappa shape index (κ2) is 9.71. The topological polar surface area (TPSA) is 90.4 Å². The molecule has 0 unspecified atom stereocenters. The summed E-state index contributed by atoms with van der Waals surface area (Å²) >= 11 is 5.95. The van der Waals surface area contributed by atoms with Crippen LogP contribution in [0.2, 0.25) is 5.02 Å². The average Bonchev–Trinajstić information content (AvgIpc) is 3.45. The number of hydrogen-bond donors (Lipinski definition) is 5. The van der Waals surface area contributed by atoms with Crippen molar-refractivity contribution < 1.29 is 9.21 Å². The molecule has 4 rings (SSSR count). The van der Waals surface area contributed by atoms with Crippen LogP contribution in [0, 0.1) is 0 Å². The molecule has 0 bridgehead atoms. The van der Waals surface area contributed by atoms with Crippen LogP contribution in [0.4, 0.5) is 0 Å². The molecule has 2 aromatic carbocycles. The average molecular weight is 424 g/mol. The second-order valence-corrected chi connectivity index (χ2v) is 7.21. The Hall–Kier alpha value is -2.94. The van der Waals surface area contributed by atoms with Crippen LogP contribution in [0.1, 0.15) is 11.3 Å². The Balaban J connectivity index is 1.48. The Kier molecular flexibility index (Phi) is 6.58. The van der Waals surface area contributed by atoms with Gasteiger partial charge in [0.25, 0.3) is 0 Å². The van der Waals surface area contributed by atoms with E-state index in [9.17, 15) is 4.79 Å². The van der Waals surface area contributed by atoms with E-state index in [2.05, 4.69) is 27.2 Å². The van der Waals surface area contributed by atoms with E-state index in [0.717, 1.165) is 12.0 Å². The molecule has 8 heteroatoms. The van der Waals surface area contributed by atoms with Crippen molar-refractivity contribution in [2.75, 3.05) is 6.54 Å². The van der Waals surface area contributed by atoms with Crippen LogP contribution < -0.4 is 27.2 Å². The van der Waals surface area contributed by atoms with Crippen molar-refractivity contribution in [2.45, 2.75) is 12.6 Å². The molecule has 5 N–H and O–H groups in total. The Labute approximate surface area is 179 Å². The predicted molar refractivity (Wildman–Crippen MR) is 117 cm³/mol. The van der Waals surface area contributed by atoms with Crippen LogP contribution in [-0.2, 0) is 11.2 Å². The Bertz CT molecular complexity index is 1010. The summed E-state index contributed by atoms with van der Waals surface area (Å²) in [7, 11) is 0. The third-order valence-electron chi connectivity index (χ3n) is 4.66. The molecule has 1 fully saturated rings. The normalized spacial score (nSPS) is 14.8. The van der Waals surface area contributed by atoms with Crippen LogP contribution in [0.15, 0.2) is 76.7 Å². The highest BCUT2D eigenvalue weighted by atomic mass is 35.5. The van der Waals surface area contributed by atoms with Crippen molar-refractivity contribution in [1.82, 2.24) is 27.2 Å². The molecule has 0 spiro atoms. The zero-order valence-electron chi connectivity index (χ0n) is 16.1. The van der Waals surface area contributed by atoms with Gasteiger partial charge in [-0.2, -0.15) is 11.1 Å². The molecule has 30 heavy (non-hydrogen) atoms. The molecule has 0 radical (unpaired) electrons. The number of hydrogen-bond acceptors (Lipinski definition) is 6. The van der Waals surface area contributed by atoms with Gasteiger partial charge >= 0.3 is 0 Å². The number of furan rings is 1. The van der Waals surface area contributed by atoms with E-state index in [0.29, 0.717) is 28.7 Å². The van der Waals surface area contributed by atoms with Gasteiger partial charge in [0.2, 0.25) is 5.91 Å². The number of hydrazine groups is 3. The van der Waals surface area contributed by atoms with Crippen LogP contribution in [0.3, 0.4) is 0 Å². The minimum Gasteiger partial charge on any atom is -0.457 e. The molecule has 1 aliphatic heterocycles. The van der Waals surface area contributed by atoms with Gasteiger partial charge in [0.05, 0.1) is 5.57 Å². The lowest BCUT2D eigenvalue weighted by Crippen LogP contribution is -2.42. The molecule has 154 valence electrons. The Morgan fingerprint density at radius 1 is 1.00 bits per heavy atom. The van der Waals surface area contributed by atoms with E-state index >= 15 is 0 Å². The van der Waals surface area contributed by atoms with Gasteiger partial charge in [-0.3, -0.25) is 4.79 Å². The molecule has 0 saturated carbocycles. The molecule has 3 aromatic rings. The molecule has 2 heterocycles. The summed E-state index contributed by atoms with van der Waals surface area (Å²) in [5.41, 5.74) is 13.9. The van der Waals surface area contributed by atoms with Crippen molar-refractivity contribution in [3.05, 3.63) is 88.6 Å². The summed E-state index contributed by atoms with van der Waals surface area (Å²) in [6, 6.07) is 21.1. The molecular formula is C22H22ClN5O2. The zero-order valence-corrected chi connectivity index (χ0v) is 16.9. The first-order chi connectivity index (χ1) is 14.7. The fourth-order valence-electron chi connectivity index (χ4n) is 3.11. The van der Waals surface area contributed by atoms with Crippen molar-refractivity contribution >= 4 is 23.6 Å². The highest BCUT2D eigenvalue weighted by Gasteiger charge is 2.24. The third-order valence-corrected chi connectivity index (χ3v) is 4.92. The smallest absolute Gasteiger partial charge is 0.250 e. The lowest BCUT2D eigenvalue weighted by Gasteiger charge is -2.14. The second-order valence-electron chi connectivity index (χ2n) is 6.77. The Morgan fingerprint density at radius 2 is 1.73 bits per heavy atom. The van der Waals surface area contributed by atoms with Gasteiger partial charge in [-0.1, -0.05) is 41.9 Å². The van der Waals surface area contributed by atoms with Crippen molar-refractivity contribution in [3.63, 3.8) is 0 Å². The Morgan fingerprint density at radius 3 is 2.47 bits per heavy atom. The van der Waals surface area contributed by atoms with Crippen LogP contribution in [-0.4, -0.2) is 18.6 Å². The molecular weight excluding hydrogens is 402 g/mol. The molecule has 1 saturated heterocycles. The molecule has 1 amide bonds. The summed E-state index contributed by atoms with van der Waals surface area (Å²) in [6.45, 7) is 0.530. The van der Waals surface area contributed by atoms with E-state index in [1.807, 2.05) is 66.7 Å². The largest absolute Gasteiger partial charge is 0.457 e. The fourth-order valence-corrected chi connectivity index (χ4v) is 3.23. The third kappa shape index (κ3) is 5.15. The standard InChI is InChI=1S/C22H22ClN5O2/c23-17-8-6-16(7-9-17)20-11-10-18(30-20)14-19(21-25-27-28-26-21)22(29)24-13-12-15-4-2-1-3-5-15/h1-11,14,21,25-28H,12-13H2,(H,24,29)/b19-14+. The van der Waals surface area contributed by atoms with Gasteiger partial charge < -0.3 is 9.73 Å². The quantitative estimate of drug-likeness (QED) is 0.375. The summed E-state index contributed by atoms with van der Waals surface area (Å²) in [5.74, 6) is 1.08. The maximum absolute atomic E-state index is 12.9. The molecule has 0 atom stereocenters. The highest BCUT2D eigenvalue weighted by molar-refractivity contribution is 6.30. The number of carbonyl (C=O) groups excluding carboxylic acids is 1. The monoisotopic (exact) mass is 423 g/mol. The van der Waals surface area contributed by atoms with Crippen LogP contribution in [0.5, 0.6) is 0 Å². The lowest BCUT2D eigenvalue weighted by atomic mass is 10.1. The summed E-state index contributed by atoms with van der Waals surface area (Å²) in [5, 5.41) is 3.64. The van der Waals surface area contributed by atoms with Crippen molar-refractivity contribution in [1.29, 1.82) is 0 Å². The SMILES string of the molecule is O=C(NCCc1ccccc1)/C(=C/c1ccc(-c2ccc(Cl)cc2)o1)C1NNNN1. The molecule has 1 aromatic heterocycles. The first-order valence-electron chi connectivity index (χ1n) is 9.59. The maximum Gasteiger partial charge on any atom is 0.250 e. The minimum atomic E-state index is -0.425. The van der Waals surface area contributed by atoms with Gasteiger partial charge in [-0.25, -0.2) is 10.9 Å². The number of halogens is 1. The van der Waals surface area contributed by atoms with Crippen molar-refractivity contribution in [2.24, 2.45) is 0 Å². The molecule has 0 aliphatic carbocycles. The van der Waals surface area contributed by atoms with Crippen LogP contribution >= 0.6 is 11.6 Å². The summed E-state index contributed by atoms with van der Waals surface area (Å²) in [6.07, 6.45) is 2.05. The number of rotatable bonds is 7. The fraction of sp³-hybridized carbons (Fsp3) is 0.136. The molecule has 1 aliphatic rings. The zero-order chi connectivity index (χ0) is 20.8. The number of benzene rings is 2. The lowest BCUT2D eigenvalue weighted by molar-refractivity contribution is -0.117. The van der Waals surface area contributed by atoms with E-state index in [1.54, 1.807) is 6.08 Å². The highest BCUT2D eigenvalue weighted by Crippen LogP contribution is 2.25. The van der Waals surface area contributed by atoms with E-state index in [-0.39, 0.29) is 5.91 Å². The van der Waals surface area contributed by atoms with Gasteiger partial charge in [-0.05, 0) is 54.5 Å². The number of nitrogens with one attached hydrogen (secondary N) is 5. The predicted octanol–water partition coefficient (Wildman–Crippen LogP) is 2.79. The van der Waals surface area contributed by atoms with E-state index in [1.165, 1.54) is 5.56 Å². The van der Waals surface area contributed by atoms with Gasteiger partial charge in [0, 0.05) is 17.1 Å². The number of amides is 1. The summed E-state index contributed by atoms with van der Waals surface area (Å²) < 4.78 is 5.93. The summed E-state index contributed by atoms with van der Waals surface area (Å²) in [4.78, 5) is 12.9.